The number of amides is 1. The minimum atomic E-state index is 0. The lowest BCUT2D eigenvalue weighted by atomic mass is 9.95. The number of halogens is 1. The quantitative estimate of drug-likeness (QED) is 0.866. The Morgan fingerprint density at radius 3 is 2.44 bits per heavy atom. The fraction of sp³-hybridized carbons (Fsp3) is 0.923. The smallest absolute Gasteiger partial charge is 0.239 e. The van der Waals surface area contributed by atoms with Crippen LogP contribution in [-0.4, -0.2) is 47.5 Å². The number of carbonyl (C=O) groups is 1. The maximum Gasteiger partial charge on any atom is 0.239 e. The summed E-state index contributed by atoms with van der Waals surface area (Å²) in [5.74, 6) is 2.50. The van der Waals surface area contributed by atoms with Gasteiger partial charge in [-0.15, -0.1) is 12.4 Å². The predicted molar refractivity (Wildman–Crippen MR) is 80.6 cm³/mol. The highest BCUT2D eigenvalue weighted by molar-refractivity contribution is 7.99. The monoisotopic (exact) mass is 292 g/mol. The highest BCUT2D eigenvalue weighted by atomic mass is 35.5. The summed E-state index contributed by atoms with van der Waals surface area (Å²) in [5.41, 5.74) is 0. The summed E-state index contributed by atoms with van der Waals surface area (Å²) >= 11 is 1.95. The zero-order valence-electron chi connectivity index (χ0n) is 11.2. The Balaban J connectivity index is 0.00000162. The molecular formula is C13H25ClN2OS. The van der Waals surface area contributed by atoms with E-state index in [1.54, 1.807) is 0 Å². The van der Waals surface area contributed by atoms with Crippen molar-refractivity contribution < 1.29 is 4.79 Å². The van der Waals surface area contributed by atoms with Crippen LogP contribution in [0.25, 0.3) is 0 Å². The third-order valence-corrected chi connectivity index (χ3v) is 4.73. The van der Waals surface area contributed by atoms with Gasteiger partial charge in [-0.1, -0.05) is 19.3 Å². The van der Waals surface area contributed by atoms with Crippen LogP contribution in [0.3, 0.4) is 0 Å². The molecule has 0 unspecified atom stereocenters. The minimum absolute atomic E-state index is 0. The van der Waals surface area contributed by atoms with Crippen molar-refractivity contribution in [2.24, 2.45) is 0 Å². The van der Waals surface area contributed by atoms with Gasteiger partial charge in [0.05, 0.1) is 6.04 Å². The van der Waals surface area contributed by atoms with Crippen molar-refractivity contribution in [3.8, 4) is 0 Å². The van der Waals surface area contributed by atoms with Crippen LogP contribution in [0.15, 0.2) is 0 Å². The normalized spacial score (nSPS) is 23.3. The van der Waals surface area contributed by atoms with Crippen molar-refractivity contribution in [3.05, 3.63) is 0 Å². The number of thioether (sulfide) groups is 1. The van der Waals surface area contributed by atoms with Crippen molar-refractivity contribution in [2.45, 2.75) is 51.1 Å². The Morgan fingerprint density at radius 1 is 1.22 bits per heavy atom. The molecule has 5 heteroatoms. The Labute approximate surface area is 121 Å². The Kier molecular flexibility index (Phi) is 7.42. The van der Waals surface area contributed by atoms with Gasteiger partial charge in [-0.2, -0.15) is 11.8 Å². The van der Waals surface area contributed by atoms with Gasteiger partial charge < -0.3 is 10.2 Å². The van der Waals surface area contributed by atoms with Crippen molar-refractivity contribution in [2.75, 3.05) is 24.6 Å². The first-order valence-electron chi connectivity index (χ1n) is 6.90. The van der Waals surface area contributed by atoms with Crippen LogP contribution in [0, 0.1) is 0 Å². The van der Waals surface area contributed by atoms with Gasteiger partial charge in [0, 0.05) is 30.6 Å². The Bertz CT molecular complexity index is 253. The minimum Gasteiger partial charge on any atom is -0.340 e. The largest absolute Gasteiger partial charge is 0.340 e. The molecule has 0 spiro atoms. The lowest BCUT2D eigenvalue weighted by Crippen LogP contribution is -2.50. The highest BCUT2D eigenvalue weighted by Crippen LogP contribution is 2.18. The molecule has 106 valence electrons. The van der Waals surface area contributed by atoms with Crippen molar-refractivity contribution in [3.63, 3.8) is 0 Å². The number of hydrogen-bond donors (Lipinski definition) is 1. The first-order valence-corrected chi connectivity index (χ1v) is 8.05. The molecule has 2 aliphatic rings. The van der Waals surface area contributed by atoms with Crippen LogP contribution in [-0.2, 0) is 4.79 Å². The molecule has 1 N–H and O–H groups in total. The van der Waals surface area contributed by atoms with Crippen LogP contribution in [0.5, 0.6) is 0 Å². The topological polar surface area (TPSA) is 32.3 Å². The zero-order chi connectivity index (χ0) is 12.1. The van der Waals surface area contributed by atoms with Gasteiger partial charge in [0.25, 0.3) is 0 Å². The predicted octanol–water partition coefficient (Wildman–Crippen LogP) is 2.29. The molecule has 3 nitrogen and oxygen atoms in total. The van der Waals surface area contributed by atoms with Crippen LogP contribution < -0.4 is 5.32 Å². The number of carbonyl (C=O) groups excluding carboxylic acids is 1. The second-order valence-corrected chi connectivity index (χ2v) is 6.39. The maximum absolute atomic E-state index is 12.2. The molecule has 0 aromatic rings. The Hall–Kier alpha value is 0.0700. The van der Waals surface area contributed by atoms with E-state index in [4.69, 9.17) is 0 Å². The zero-order valence-corrected chi connectivity index (χ0v) is 12.8. The third-order valence-electron chi connectivity index (χ3n) is 3.78. The summed E-state index contributed by atoms with van der Waals surface area (Å²) in [6.45, 7) is 3.89. The summed E-state index contributed by atoms with van der Waals surface area (Å²) in [7, 11) is 0. The molecule has 2 rings (SSSR count). The lowest BCUT2D eigenvalue weighted by molar-refractivity contribution is -0.132. The second kappa shape index (κ2) is 8.28. The molecule has 1 saturated heterocycles. The van der Waals surface area contributed by atoms with Crippen LogP contribution in [0.4, 0.5) is 0 Å². The fourth-order valence-electron chi connectivity index (χ4n) is 2.75. The molecular weight excluding hydrogens is 268 g/mol. The van der Waals surface area contributed by atoms with Gasteiger partial charge in [-0.3, -0.25) is 4.79 Å². The van der Waals surface area contributed by atoms with Gasteiger partial charge >= 0.3 is 0 Å². The van der Waals surface area contributed by atoms with Crippen LogP contribution in [0.1, 0.15) is 39.0 Å². The van der Waals surface area contributed by atoms with E-state index < -0.39 is 0 Å². The number of rotatable bonds is 3. The molecule has 1 saturated carbocycles. The van der Waals surface area contributed by atoms with Crippen LogP contribution >= 0.6 is 24.2 Å². The standard InChI is InChI=1S/C13H24N2OS.ClH/c1-11(14-12-5-3-2-4-6-12)13(16)15-7-9-17-10-8-15;/h11-12,14H,2-10H2,1H3;1H/t11-;/m0./s1. The molecule has 0 aromatic heterocycles. The van der Waals surface area contributed by atoms with E-state index in [0.29, 0.717) is 11.9 Å². The number of nitrogens with zero attached hydrogens (tertiary/aromatic N) is 1. The molecule has 1 aliphatic heterocycles. The highest BCUT2D eigenvalue weighted by Gasteiger charge is 2.24. The summed E-state index contributed by atoms with van der Waals surface area (Å²) in [6, 6.07) is 0.572. The first-order chi connectivity index (χ1) is 8.27. The average molecular weight is 293 g/mol. The Morgan fingerprint density at radius 2 is 1.83 bits per heavy atom. The van der Waals surface area contributed by atoms with Gasteiger partial charge in [0.1, 0.15) is 0 Å². The van der Waals surface area contributed by atoms with Gasteiger partial charge in [0.15, 0.2) is 0 Å². The van der Waals surface area contributed by atoms with E-state index in [2.05, 4.69) is 5.32 Å². The summed E-state index contributed by atoms with van der Waals surface area (Å²) in [6.07, 6.45) is 6.49. The van der Waals surface area contributed by atoms with E-state index >= 15 is 0 Å². The lowest BCUT2D eigenvalue weighted by Gasteiger charge is -2.32. The van der Waals surface area contributed by atoms with E-state index in [9.17, 15) is 4.79 Å². The third kappa shape index (κ3) is 4.63. The molecule has 0 radical (unpaired) electrons. The van der Waals surface area contributed by atoms with Crippen LogP contribution in [0.2, 0.25) is 0 Å². The molecule has 0 bridgehead atoms. The molecule has 2 fully saturated rings. The maximum atomic E-state index is 12.2. The van der Waals surface area contributed by atoms with E-state index in [1.165, 1.54) is 32.1 Å². The molecule has 1 aliphatic carbocycles. The van der Waals surface area contributed by atoms with Gasteiger partial charge in [-0.05, 0) is 19.8 Å². The summed E-state index contributed by atoms with van der Waals surface area (Å²) in [4.78, 5) is 14.3. The fourth-order valence-corrected chi connectivity index (χ4v) is 3.65. The molecule has 18 heavy (non-hydrogen) atoms. The molecule has 0 aromatic carbocycles. The molecule has 1 heterocycles. The van der Waals surface area contributed by atoms with E-state index in [1.807, 2.05) is 23.6 Å². The molecule has 1 amide bonds. The van der Waals surface area contributed by atoms with Gasteiger partial charge in [-0.25, -0.2) is 0 Å². The van der Waals surface area contributed by atoms with Gasteiger partial charge in [0.2, 0.25) is 5.91 Å². The van der Waals surface area contributed by atoms with Crippen molar-refractivity contribution >= 4 is 30.1 Å². The van der Waals surface area contributed by atoms with E-state index in [-0.39, 0.29) is 18.4 Å². The number of hydrogen-bond acceptors (Lipinski definition) is 3. The summed E-state index contributed by atoms with van der Waals surface area (Å²) < 4.78 is 0. The molecule has 1 atom stereocenters. The summed E-state index contributed by atoms with van der Waals surface area (Å²) in [5, 5.41) is 3.52. The van der Waals surface area contributed by atoms with Crippen molar-refractivity contribution in [1.29, 1.82) is 0 Å². The number of nitrogens with one attached hydrogen (secondary N) is 1. The first kappa shape index (κ1) is 16.1. The SMILES string of the molecule is C[C@H](NC1CCCCC1)C(=O)N1CCSCC1.Cl. The average Bonchev–Trinajstić information content (AvgIpc) is 2.40. The van der Waals surface area contributed by atoms with Crippen molar-refractivity contribution in [1.82, 2.24) is 10.2 Å². The second-order valence-electron chi connectivity index (χ2n) is 5.16. The van der Waals surface area contributed by atoms with E-state index in [0.717, 1.165) is 24.6 Å².